The maximum atomic E-state index is 6.18. The van der Waals surface area contributed by atoms with Gasteiger partial charge in [-0.2, -0.15) is 0 Å². The number of thiazole rings is 1. The summed E-state index contributed by atoms with van der Waals surface area (Å²) in [6, 6.07) is 9.32. The summed E-state index contributed by atoms with van der Waals surface area (Å²) in [5, 5.41) is 3.83. The van der Waals surface area contributed by atoms with Crippen molar-refractivity contribution in [2.75, 3.05) is 18.2 Å². The van der Waals surface area contributed by atoms with Crippen LogP contribution in [-0.2, 0) is 0 Å². The molecule has 0 bridgehead atoms. The standard InChI is InChI=1S/C14H12ClN3OS/c1-19-8-2-3-9(15)11(6-8)18-10-4-5-12-14(13(10)16)17-7-20-12/h2-7,18H,16H2,1H3. The highest BCUT2D eigenvalue weighted by Crippen LogP contribution is 2.35. The molecule has 0 fully saturated rings. The molecule has 0 radical (unpaired) electrons. The summed E-state index contributed by atoms with van der Waals surface area (Å²) in [7, 11) is 1.61. The van der Waals surface area contributed by atoms with E-state index >= 15 is 0 Å². The number of aromatic nitrogens is 1. The Morgan fingerprint density at radius 1 is 1.25 bits per heavy atom. The number of nitrogen functional groups attached to an aromatic ring is 1. The molecule has 0 aliphatic heterocycles. The van der Waals surface area contributed by atoms with E-state index in [4.69, 9.17) is 22.1 Å². The van der Waals surface area contributed by atoms with Crippen molar-refractivity contribution in [2.24, 2.45) is 0 Å². The molecule has 102 valence electrons. The van der Waals surface area contributed by atoms with Gasteiger partial charge in [-0.15, -0.1) is 11.3 Å². The summed E-state index contributed by atoms with van der Waals surface area (Å²) < 4.78 is 6.26. The van der Waals surface area contributed by atoms with Crippen LogP contribution in [0.4, 0.5) is 17.1 Å². The summed E-state index contributed by atoms with van der Waals surface area (Å²) in [6.45, 7) is 0. The molecule has 0 atom stereocenters. The Hall–Kier alpha value is -1.98. The van der Waals surface area contributed by atoms with Gasteiger partial charge in [-0.1, -0.05) is 11.6 Å². The van der Waals surface area contributed by atoms with E-state index in [-0.39, 0.29) is 0 Å². The number of fused-ring (bicyclic) bond motifs is 1. The van der Waals surface area contributed by atoms with E-state index in [1.807, 2.05) is 18.2 Å². The smallest absolute Gasteiger partial charge is 0.121 e. The van der Waals surface area contributed by atoms with E-state index in [0.717, 1.165) is 27.3 Å². The first-order valence-electron chi connectivity index (χ1n) is 5.91. The normalized spacial score (nSPS) is 10.7. The molecule has 0 saturated heterocycles. The number of nitrogens with zero attached hydrogens (tertiary/aromatic N) is 1. The molecule has 4 nitrogen and oxygen atoms in total. The monoisotopic (exact) mass is 305 g/mol. The zero-order valence-corrected chi connectivity index (χ0v) is 12.3. The summed E-state index contributed by atoms with van der Waals surface area (Å²) in [5.74, 6) is 0.727. The molecule has 0 aliphatic carbocycles. The van der Waals surface area contributed by atoms with Gasteiger partial charge in [-0.05, 0) is 24.3 Å². The Labute approximate surface area is 125 Å². The largest absolute Gasteiger partial charge is 0.497 e. The first-order valence-corrected chi connectivity index (χ1v) is 7.17. The van der Waals surface area contributed by atoms with Gasteiger partial charge in [0.2, 0.25) is 0 Å². The molecule has 3 aromatic rings. The van der Waals surface area contributed by atoms with Crippen molar-refractivity contribution in [2.45, 2.75) is 0 Å². The summed E-state index contributed by atoms with van der Waals surface area (Å²) in [6.07, 6.45) is 0. The van der Waals surface area contributed by atoms with Crippen molar-refractivity contribution in [1.82, 2.24) is 4.98 Å². The number of hydrogen-bond donors (Lipinski definition) is 2. The molecule has 2 aromatic carbocycles. The van der Waals surface area contributed by atoms with E-state index in [9.17, 15) is 0 Å². The molecule has 1 heterocycles. The van der Waals surface area contributed by atoms with Gasteiger partial charge in [0.25, 0.3) is 0 Å². The van der Waals surface area contributed by atoms with E-state index in [1.165, 1.54) is 0 Å². The molecule has 0 spiro atoms. The van der Waals surface area contributed by atoms with Crippen LogP contribution in [0.15, 0.2) is 35.8 Å². The van der Waals surface area contributed by atoms with Crippen molar-refractivity contribution in [3.05, 3.63) is 40.9 Å². The summed E-state index contributed by atoms with van der Waals surface area (Å²) in [4.78, 5) is 4.27. The molecule has 0 amide bonds. The Balaban J connectivity index is 2.02. The third-order valence-electron chi connectivity index (χ3n) is 2.98. The van der Waals surface area contributed by atoms with E-state index in [1.54, 1.807) is 36.1 Å². The molecule has 3 rings (SSSR count). The van der Waals surface area contributed by atoms with Crippen LogP contribution in [0.25, 0.3) is 10.2 Å². The lowest BCUT2D eigenvalue weighted by atomic mass is 10.2. The first-order chi connectivity index (χ1) is 9.69. The van der Waals surface area contributed by atoms with Crippen molar-refractivity contribution >= 4 is 50.2 Å². The lowest BCUT2D eigenvalue weighted by Gasteiger charge is -2.12. The molecule has 20 heavy (non-hydrogen) atoms. The minimum absolute atomic E-state index is 0.601. The summed E-state index contributed by atoms with van der Waals surface area (Å²) >= 11 is 7.74. The van der Waals surface area contributed by atoms with Crippen molar-refractivity contribution in [1.29, 1.82) is 0 Å². The van der Waals surface area contributed by atoms with Gasteiger partial charge in [0, 0.05) is 6.07 Å². The fourth-order valence-corrected chi connectivity index (χ4v) is 2.79. The number of anilines is 3. The predicted molar refractivity (Wildman–Crippen MR) is 85.3 cm³/mol. The molecule has 6 heteroatoms. The molecule has 0 unspecified atom stereocenters. The Morgan fingerprint density at radius 2 is 2.10 bits per heavy atom. The van der Waals surface area contributed by atoms with Crippen molar-refractivity contribution < 1.29 is 4.74 Å². The Kier molecular flexibility index (Phi) is 3.38. The highest BCUT2D eigenvalue weighted by atomic mass is 35.5. The number of rotatable bonds is 3. The van der Waals surface area contributed by atoms with Crippen LogP contribution in [0.1, 0.15) is 0 Å². The van der Waals surface area contributed by atoms with Gasteiger partial charge in [0.1, 0.15) is 11.3 Å². The lowest BCUT2D eigenvalue weighted by molar-refractivity contribution is 0.415. The Bertz CT molecular complexity index is 772. The minimum atomic E-state index is 0.601. The van der Waals surface area contributed by atoms with Gasteiger partial charge >= 0.3 is 0 Å². The van der Waals surface area contributed by atoms with Crippen LogP contribution in [-0.4, -0.2) is 12.1 Å². The number of benzene rings is 2. The average Bonchev–Trinajstić information content (AvgIpc) is 2.93. The fraction of sp³-hybridized carbons (Fsp3) is 0.0714. The fourth-order valence-electron chi connectivity index (χ4n) is 1.93. The van der Waals surface area contributed by atoms with Crippen LogP contribution >= 0.6 is 22.9 Å². The molecule has 0 aliphatic rings. The second-order valence-electron chi connectivity index (χ2n) is 4.20. The molecular weight excluding hydrogens is 294 g/mol. The van der Waals surface area contributed by atoms with Gasteiger partial charge in [-0.3, -0.25) is 0 Å². The summed E-state index contributed by atoms with van der Waals surface area (Å²) in [5.41, 5.74) is 10.9. The number of hydrogen-bond acceptors (Lipinski definition) is 5. The third-order valence-corrected chi connectivity index (χ3v) is 4.11. The SMILES string of the molecule is COc1ccc(Cl)c(Nc2ccc3scnc3c2N)c1. The minimum Gasteiger partial charge on any atom is -0.497 e. The number of ether oxygens (including phenoxy) is 1. The van der Waals surface area contributed by atoms with E-state index in [0.29, 0.717) is 10.7 Å². The second kappa shape index (κ2) is 5.19. The second-order valence-corrected chi connectivity index (χ2v) is 5.49. The lowest BCUT2D eigenvalue weighted by Crippen LogP contribution is -1.98. The van der Waals surface area contributed by atoms with Crippen molar-refractivity contribution in [3.63, 3.8) is 0 Å². The zero-order chi connectivity index (χ0) is 14.1. The highest BCUT2D eigenvalue weighted by Gasteiger charge is 2.09. The van der Waals surface area contributed by atoms with Crippen LogP contribution < -0.4 is 15.8 Å². The van der Waals surface area contributed by atoms with Crippen LogP contribution in [0.5, 0.6) is 5.75 Å². The van der Waals surface area contributed by atoms with Gasteiger partial charge < -0.3 is 15.8 Å². The molecule has 1 aromatic heterocycles. The number of nitrogens with one attached hydrogen (secondary N) is 1. The van der Waals surface area contributed by atoms with Crippen LogP contribution in [0.3, 0.4) is 0 Å². The van der Waals surface area contributed by atoms with E-state index < -0.39 is 0 Å². The quantitative estimate of drug-likeness (QED) is 0.709. The average molecular weight is 306 g/mol. The molecular formula is C14H12ClN3OS. The number of halogens is 1. The van der Waals surface area contributed by atoms with Crippen LogP contribution in [0, 0.1) is 0 Å². The maximum Gasteiger partial charge on any atom is 0.121 e. The Morgan fingerprint density at radius 3 is 2.90 bits per heavy atom. The van der Waals surface area contributed by atoms with Crippen LogP contribution in [0.2, 0.25) is 5.02 Å². The van der Waals surface area contributed by atoms with E-state index in [2.05, 4.69) is 10.3 Å². The number of nitrogens with two attached hydrogens (primary N) is 1. The predicted octanol–water partition coefficient (Wildman–Crippen LogP) is 4.28. The topological polar surface area (TPSA) is 60.2 Å². The van der Waals surface area contributed by atoms with Gasteiger partial charge in [0.05, 0.1) is 39.4 Å². The molecule has 0 saturated carbocycles. The van der Waals surface area contributed by atoms with Gasteiger partial charge in [0.15, 0.2) is 0 Å². The first kappa shape index (κ1) is 13.0. The highest BCUT2D eigenvalue weighted by molar-refractivity contribution is 7.16. The molecule has 3 N–H and O–H groups in total. The number of methoxy groups -OCH3 is 1. The maximum absolute atomic E-state index is 6.18. The van der Waals surface area contributed by atoms with Gasteiger partial charge in [-0.25, -0.2) is 4.98 Å². The third kappa shape index (κ3) is 2.26. The van der Waals surface area contributed by atoms with Crippen molar-refractivity contribution in [3.8, 4) is 5.75 Å². The zero-order valence-electron chi connectivity index (χ0n) is 10.7.